The first-order chi connectivity index (χ1) is 8.74. The van der Waals surface area contributed by atoms with Crippen LogP contribution in [0, 0.1) is 18.8 Å². The molecule has 0 bridgehead atoms. The van der Waals surface area contributed by atoms with Crippen molar-refractivity contribution in [3.63, 3.8) is 0 Å². The van der Waals surface area contributed by atoms with E-state index in [2.05, 4.69) is 22.3 Å². The Morgan fingerprint density at radius 2 is 2.33 bits per heavy atom. The van der Waals surface area contributed by atoms with Gasteiger partial charge in [-0.25, -0.2) is 9.97 Å². The highest BCUT2D eigenvalue weighted by Crippen LogP contribution is 2.37. The predicted octanol–water partition coefficient (Wildman–Crippen LogP) is 2.51. The highest BCUT2D eigenvalue weighted by molar-refractivity contribution is 5.09. The van der Waals surface area contributed by atoms with Gasteiger partial charge in [0.25, 0.3) is 0 Å². The minimum Gasteiger partial charge on any atom is -0.271 e. The van der Waals surface area contributed by atoms with Gasteiger partial charge >= 0.3 is 0 Å². The van der Waals surface area contributed by atoms with Crippen molar-refractivity contribution >= 4 is 0 Å². The second-order valence-corrected chi connectivity index (χ2v) is 5.37. The summed E-state index contributed by atoms with van der Waals surface area (Å²) in [6.45, 7) is 4.21. The number of aryl methyl sites for hydroxylation is 1. The fourth-order valence-electron chi connectivity index (χ4n) is 3.12. The van der Waals surface area contributed by atoms with E-state index in [0.717, 1.165) is 17.4 Å². The Hall–Kier alpha value is -1.00. The lowest BCUT2D eigenvalue weighted by atomic mass is 9.76. The quantitative estimate of drug-likeness (QED) is 0.635. The third-order valence-corrected chi connectivity index (χ3v) is 4.17. The number of hydrogen-bond acceptors (Lipinski definition) is 4. The Morgan fingerprint density at radius 1 is 1.50 bits per heavy atom. The lowest BCUT2D eigenvalue weighted by Gasteiger charge is -2.33. The molecule has 4 heteroatoms. The maximum Gasteiger partial charge on any atom is 0.125 e. The van der Waals surface area contributed by atoms with Crippen LogP contribution in [0.15, 0.2) is 12.3 Å². The molecule has 0 aliphatic heterocycles. The SMILES string of the molecule is CCC1CCCC(C(NN)c2ccnc(C)n2)C1. The molecule has 1 aliphatic rings. The van der Waals surface area contributed by atoms with Crippen LogP contribution >= 0.6 is 0 Å². The van der Waals surface area contributed by atoms with E-state index in [4.69, 9.17) is 5.84 Å². The van der Waals surface area contributed by atoms with Crippen LogP contribution in [-0.4, -0.2) is 9.97 Å². The summed E-state index contributed by atoms with van der Waals surface area (Å²) in [5.74, 6) is 8.03. The van der Waals surface area contributed by atoms with E-state index in [0.29, 0.717) is 5.92 Å². The summed E-state index contributed by atoms with van der Waals surface area (Å²) in [4.78, 5) is 8.67. The summed E-state index contributed by atoms with van der Waals surface area (Å²) in [5.41, 5.74) is 4.00. The molecule has 0 radical (unpaired) electrons. The minimum absolute atomic E-state index is 0.168. The van der Waals surface area contributed by atoms with Crippen LogP contribution in [0.2, 0.25) is 0 Å². The van der Waals surface area contributed by atoms with Crippen LogP contribution in [-0.2, 0) is 0 Å². The molecule has 1 saturated carbocycles. The lowest BCUT2D eigenvalue weighted by Crippen LogP contribution is -2.36. The maximum absolute atomic E-state index is 5.76. The first-order valence-electron chi connectivity index (χ1n) is 7.00. The Labute approximate surface area is 109 Å². The normalized spacial score (nSPS) is 25.9. The molecule has 1 fully saturated rings. The van der Waals surface area contributed by atoms with E-state index in [1.807, 2.05) is 19.2 Å². The van der Waals surface area contributed by atoms with Gasteiger partial charge in [-0.3, -0.25) is 11.3 Å². The summed E-state index contributed by atoms with van der Waals surface area (Å²) in [6, 6.07) is 2.15. The Morgan fingerprint density at radius 3 is 3.00 bits per heavy atom. The molecule has 1 aliphatic carbocycles. The van der Waals surface area contributed by atoms with Gasteiger partial charge in [-0.1, -0.05) is 26.2 Å². The van der Waals surface area contributed by atoms with Crippen molar-refractivity contribution in [2.24, 2.45) is 17.7 Å². The number of aromatic nitrogens is 2. The molecular formula is C14H24N4. The number of hydrazine groups is 1. The van der Waals surface area contributed by atoms with Gasteiger partial charge in [0.2, 0.25) is 0 Å². The minimum atomic E-state index is 0.168. The van der Waals surface area contributed by atoms with Gasteiger partial charge in [-0.15, -0.1) is 0 Å². The molecule has 100 valence electrons. The van der Waals surface area contributed by atoms with Gasteiger partial charge in [0.05, 0.1) is 11.7 Å². The molecule has 3 unspecified atom stereocenters. The predicted molar refractivity (Wildman–Crippen MR) is 72.6 cm³/mol. The zero-order valence-corrected chi connectivity index (χ0v) is 11.4. The third kappa shape index (κ3) is 3.06. The van der Waals surface area contributed by atoms with Gasteiger partial charge in [-0.2, -0.15) is 0 Å². The van der Waals surface area contributed by atoms with E-state index in [1.165, 1.54) is 32.1 Å². The van der Waals surface area contributed by atoms with Crippen molar-refractivity contribution in [1.29, 1.82) is 0 Å². The van der Waals surface area contributed by atoms with Crippen LogP contribution in [0.25, 0.3) is 0 Å². The fourth-order valence-corrected chi connectivity index (χ4v) is 3.12. The number of nitrogens with zero attached hydrogens (tertiary/aromatic N) is 2. The van der Waals surface area contributed by atoms with Gasteiger partial charge < -0.3 is 0 Å². The average Bonchev–Trinajstić information content (AvgIpc) is 2.40. The molecule has 0 saturated heterocycles. The number of nitrogens with one attached hydrogen (secondary N) is 1. The standard InChI is InChI=1S/C14H24N4/c1-3-11-5-4-6-12(9-11)14(18-15)13-7-8-16-10(2)17-13/h7-8,11-12,14,18H,3-6,9,15H2,1-2H3. The van der Waals surface area contributed by atoms with Crippen molar-refractivity contribution in [1.82, 2.24) is 15.4 Å². The third-order valence-electron chi connectivity index (χ3n) is 4.17. The molecule has 2 rings (SSSR count). The van der Waals surface area contributed by atoms with Crippen molar-refractivity contribution in [3.05, 3.63) is 23.8 Å². The van der Waals surface area contributed by atoms with E-state index in [-0.39, 0.29) is 6.04 Å². The topological polar surface area (TPSA) is 63.8 Å². The van der Waals surface area contributed by atoms with Crippen molar-refractivity contribution in [2.75, 3.05) is 0 Å². The summed E-state index contributed by atoms with van der Waals surface area (Å²) < 4.78 is 0. The van der Waals surface area contributed by atoms with Crippen LogP contribution < -0.4 is 11.3 Å². The Bertz CT molecular complexity index is 380. The lowest BCUT2D eigenvalue weighted by molar-refractivity contribution is 0.207. The molecule has 1 aromatic rings. The van der Waals surface area contributed by atoms with Crippen LogP contribution in [0.3, 0.4) is 0 Å². The fraction of sp³-hybridized carbons (Fsp3) is 0.714. The molecule has 4 nitrogen and oxygen atoms in total. The van der Waals surface area contributed by atoms with Gasteiger partial charge in [0, 0.05) is 6.20 Å². The van der Waals surface area contributed by atoms with Crippen LogP contribution in [0.4, 0.5) is 0 Å². The molecule has 1 heterocycles. The highest BCUT2D eigenvalue weighted by atomic mass is 15.2. The number of rotatable bonds is 4. The van der Waals surface area contributed by atoms with Gasteiger partial charge in [0.15, 0.2) is 0 Å². The molecule has 18 heavy (non-hydrogen) atoms. The Kier molecular flexibility index (Phi) is 4.66. The summed E-state index contributed by atoms with van der Waals surface area (Å²) >= 11 is 0. The van der Waals surface area contributed by atoms with Crippen molar-refractivity contribution < 1.29 is 0 Å². The monoisotopic (exact) mass is 248 g/mol. The average molecular weight is 248 g/mol. The molecular weight excluding hydrogens is 224 g/mol. The zero-order valence-electron chi connectivity index (χ0n) is 11.4. The summed E-state index contributed by atoms with van der Waals surface area (Å²) in [5, 5.41) is 0. The van der Waals surface area contributed by atoms with Gasteiger partial charge in [-0.05, 0) is 37.7 Å². The van der Waals surface area contributed by atoms with E-state index >= 15 is 0 Å². The Balaban J connectivity index is 2.12. The van der Waals surface area contributed by atoms with Gasteiger partial charge in [0.1, 0.15) is 5.82 Å². The number of hydrogen-bond donors (Lipinski definition) is 2. The summed E-state index contributed by atoms with van der Waals surface area (Å²) in [7, 11) is 0. The molecule has 0 amide bonds. The molecule has 1 aromatic heterocycles. The van der Waals surface area contributed by atoms with Crippen LogP contribution in [0.5, 0.6) is 0 Å². The summed E-state index contributed by atoms with van der Waals surface area (Å²) in [6.07, 6.45) is 8.28. The maximum atomic E-state index is 5.76. The second-order valence-electron chi connectivity index (χ2n) is 5.37. The molecule has 3 N–H and O–H groups in total. The number of nitrogens with two attached hydrogens (primary N) is 1. The first-order valence-corrected chi connectivity index (χ1v) is 7.00. The molecule has 0 aromatic carbocycles. The second kappa shape index (κ2) is 6.25. The van der Waals surface area contributed by atoms with E-state index in [1.54, 1.807) is 0 Å². The van der Waals surface area contributed by atoms with Crippen molar-refractivity contribution in [2.45, 2.75) is 52.0 Å². The largest absolute Gasteiger partial charge is 0.271 e. The zero-order chi connectivity index (χ0) is 13.0. The smallest absolute Gasteiger partial charge is 0.125 e. The molecule has 0 spiro atoms. The van der Waals surface area contributed by atoms with Crippen LogP contribution in [0.1, 0.15) is 56.6 Å². The molecule has 3 atom stereocenters. The van der Waals surface area contributed by atoms with E-state index < -0.39 is 0 Å². The van der Waals surface area contributed by atoms with E-state index in [9.17, 15) is 0 Å². The highest BCUT2D eigenvalue weighted by Gasteiger charge is 2.29. The first kappa shape index (κ1) is 13.4. The van der Waals surface area contributed by atoms with Crippen molar-refractivity contribution in [3.8, 4) is 0 Å².